The number of nitrogens with two attached hydrogens (primary N) is 1. The number of aliphatic imine (C=N–C) groups is 1. The number of guanidine groups is 1. The molecule has 1 saturated heterocycles. The highest BCUT2D eigenvalue weighted by atomic mass is 16.5. The molecule has 0 aromatic carbocycles. The van der Waals surface area contributed by atoms with Gasteiger partial charge >= 0.3 is 0 Å². The van der Waals surface area contributed by atoms with Gasteiger partial charge in [-0.3, -0.25) is 4.99 Å². The number of hydrogen-bond donors (Lipinski definition) is 2. The topological polar surface area (TPSA) is 59.6 Å². The van der Waals surface area contributed by atoms with Gasteiger partial charge in [-0.2, -0.15) is 0 Å². The molecule has 1 aliphatic rings. The third-order valence-corrected chi connectivity index (χ3v) is 2.23. The van der Waals surface area contributed by atoms with Crippen molar-refractivity contribution in [1.29, 1.82) is 0 Å². The Morgan fingerprint density at radius 2 is 2.54 bits per heavy atom. The van der Waals surface area contributed by atoms with Gasteiger partial charge < -0.3 is 15.8 Å². The fraction of sp³-hybridized carbons (Fsp3) is 0.889. The second kappa shape index (κ2) is 5.07. The van der Waals surface area contributed by atoms with Crippen molar-refractivity contribution in [3.05, 3.63) is 0 Å². The molecule has 0 bridgehead atoms. The van der Waals surface area contributed by atoms with Gasteiger partial charge in [-0.25, -0.2) is 0 Å². The summed E-state index contributed by atoms with van der Waals surface area (Å²) in [6.45, 7) is 5.64. The lowest BCUT2D eigenvalue weighted by Crippen LogP contribution is -2.44. The zero-order chi connectivity index (χ0) is 9.68. The van der Waals surface area contributed by atoms with Crippen molar-refractivity contribution in [2.45, 2.75) is 38.8 Å². The monoisotopic (exact) mass is 185 g/mol. The fourth-order valence-electron chi connectivity index (χ4n) is 1.54. The highest BCUT2D eigenvalue weighted by molar-refractivity contribution is 5.78. The summed E-state index contributed by atoms with van der Waals surface area (Å²) in [5.74, 6) is 0.519. The zero-order valence-electron chi connectivity index (χ0n) is 8.42. The van der Waals surface area contributed by atoms with Crippen LogP contribution in [0, 0.1) is 0 Å². The lowest BCUT2D eigenvalue weighted by atomic mass is 10.1. The summed E-state index contributed by atoms with van der Waals surface area (Å²) in [5.41, 5.74) is 5.64. The molecule has 2 unspecified atom stereocenters. The standard InChI is InChI=1S/C9H19N3O/c1-3-11-9(10)12-7(2)8-5-4-6-13-8/h7-8H,3-6H2,1-2H3,(H3,10,11,12). The van der Waals surface area contributed by atoms with Crippen LogP contribution in [0.2, 0.25) is 0 Å². The fourth-order valence-corrected chi connectivity index (χ4v) is 1.54. The molecule has 1 aliphatic heterocycles. The molecule has 3 N–H and O–H groups in total. The van der Waals surface area contributed by atoms with Crippen molar-refractivity contribution in [2.75, 3.05) is 13.2 Å². The van der Waals surface area contributed by atoms with Crippen molar-refractivity contribution in [2.24, 2.45) is 10.7 Å². The lowest BCUT2D eigenvalue weighted by molar-refractivity contribution is 0.0892. The zero-order valence-corrected chi connectivity index (χ0v) is 8.42. The average Bonchev–Trinajstić information content (AvgIpc) is 2.55. The van der Waals surface area contributed by atoms with E-state index >= 15 is 0 Å². The Hall–Kier alpha value is -0.770. The van der Waals surface area contributed by atoms with Crippen molar-refractivity contribution < 1.29 is 4.74 Å². The molecule has 0 spiro atoms. The first kappa shape index (κ1) is 10.3. The Kier molecular flexibility index (Phi) is 4.02. The largest absolute Gasteiger partial charge is 0.376 e. The molecule has 2 atom stereocenters. The maximum atomic E-state index is 5.64. The third-order valence-electron chi connectivity index (χ3n) is 2.23. The second-order valence-electron chi connectivity index (χ2n) is 3.34. The van der Waals surface area contributed by atoms with Crippen LogP contribution in [0.4, 0.5) is 0 Å². The van der Waals surface area contributed by atoms with E-state index in [1.807, 2.05) is 6.92 Å². The number of rotatable bonds is 3. The van der Waals surface area contributed by atoms with Crippen LogP contribution >= 0.6 is 0 Å². The van der Waals surface area contributed by atoms with Gasteiger partial charge in [0.1, 0.15) is 0 Å². The predicted octanol–water partition coefficient (Wildman–Crippen LogP) is 0.478. The van der Waals surface area contributed by atoms with E-state index in [2.05, 4.69) is 17.2 Å². The van der Waals surface area contributed by atoms with Crippen LogP contribution in [-0.4, -0.2) is 31.3 Å². The van der Waals surface area contributed by atoms with Crippen LogP contribution in [-0.2, 0) is 4.74 Å². The van der Waals surface area contributed by atoms with E-state index in [4.69, 9.17) is 10.5 Å². The van der Waals surface area contributed by atoms with Crippen molar-refractivity contribution in [3.8, 4) is 0 Å². The van der Waals surface area contributed by atoms with Crippen LogP contribution in [0.1, 0.15) is 26.7 Å². The molecule has 13 heavy (non-hydrogen) atoms. The van der Waals surface area contributed by atoms with Crippen molar-refractivity contribution >= 4 is 5.96 Å². The SMILES string of the molecule is CCN=C(N)NC(C)C1CCCO1. The Balaban J connectivity index is 2.30. The normalized spacial score (nSPS) is 26.0. The van der Waals surface area contributed by atoms with E-state index in [0.29, 0.717) is 12.1 Å². The van der Waals surface area contributed by atoms with E-state index in [0.717, 1.165) is 26.0 Å². The van der Waals surface area contributed by atoms with Crippen LogP contribution in [0.3, 0.4) is 0 Å². The Morgan fingerprint density at radius 3 is 3.08 bits per heavy atom. The highest BCUT2D eigenvalue weighted by Gasteiger charge is 2.22. The first-order chi connectivity index (χ1) is 6.24. The molecule has 0 aromatic rings. The molecular weight excluding hydrogens is 166 g/mol. The highest BCUT2D eigenvalue weighted by Crippen LogP contribution is 2.14. The van der Waals surface area contributed by atoms with Crippen molar-refractivity contribution in [3.63, 3.8) is 0 Å². The first-order valence-electron chi connectivity index (χ1n) is 4.92. The molecule has 0 radical (unpaired) electrons. The van der Waals surface area contributed by atoms with Crippen LogP contribution in [0.15, 0.2) is 4.99 Å². The number of nitrogens with zero attached hydrogens (tertiary/aromatic N) is 1. The minimum Gasteiger partial charge on any atom is -0.376 e. The summed E-state index contributed by atoms with van der Waals surface area (Å²) >= 11 is 0. The molecule has 0 aliphatic carbocycles. The van der Waals surface area contributed by atoms with Crippen LogP contribution in [0.5, 0.6) is 0 Å². The minimum atomic E-state index is 0.262. The first-order valence-corrected chi connectivity index (χ1v) is 4.92. The quantitative estimate of drug-likeness (QED) is 0.496. The molecule has 1 heterocycles. The summed E-state index contributed by atoms with van der Waals surface area (Å²) in [7, 11) is 0. The van der Waals surface area contributed by atoms with E-state index in [9.17, 15) is 0 Å². The van der Waals surface area contributed by atoms with Crippen LogP contribution < -0.4 is 11.1 Å². The van der Waals surface area contributed by atoms with Crippen molar-refractivity contribution in [1.82, 2.24) is 5.32 Å². The average molecular weight is 185 g/mol. The minimum absolute atomic E-state index is 0.262. The molecule has 0 saturated carbocycles. The van der Waals surface area contributed by atoms with Crippen LogP contribution in [0.25, 0.3) is 0 Å². The number of hydrogen-bond acceptors (Lipinski definition) is 2. The summed E-state index contributed by atoms with van der Waals surface area (Å²) in [6.07, 6.45) is 2.57. The van der Waals surface area contributed by atoms with E-state index in [1.54, 1.807) is 0 Å². The van der Waals surface area contributed by atoms with Gasteiger partial charge in [0, 0.05) is 13.2 Å². The molecule has 76 valence electrons. The van der Waals surface area contributed by atoms with Gasteiger partial charge in [-0.1, -0.05) is 0 Å². The molecule has 0 amide bonds. The van der Waals surface area contributed by atoms with Gasteiger partial charge in [0.2, 0.25) is 0 Å². The Morgan fingerprint density at radius 1 is 1.77 bits per heavy atom. The Labute approximate surface area is 79.6 Å². The number of nitrogens with one attached hydrogen (secondary N) is 1. The maximum absolute atomic E-state index is 5.64. The van der Waals surface area contributed by atoms with Gasteiger partial charge in [0.05, 0.1) is 12.1 Å². The van der Waals surface area contributed by atoms with Gasteiger partial charge in [0.15, 0.2) is 5.96 Å². The van der Waals surface area contributed by atoms with Gasteiger partial charge in [-0.05, 0) is 26.7 Å². The predicted molar refractivity (Wildman–Crippen MR) is 53.7 cm³/mol. The molecule has 1 rings (SSSR count). The molecule has 4 nitrogen and oxygen atoms in total. The van der Waals surface area contributed by atoms with E-state index in [-0.39, 0.29) is 6.04 Å². The summed E-state index contributed by atoms with van der Waals surface area (Å²) in [6, 6.07) is 0.262. The molecular formula is C9H19N3O. The van der Waals surface area contributed by atoms with Gasteiger partial charge in [0.25, 0.3) is 0 Å². The lowest BCUT2D eigenvalue weighted by Gasteiger charge is -2.20. The van der Waals surface area contributed by atoms with E-state index in [1.165, 1.54) is 0 Å². The van der Waals surface area contributed by atoms with Gasteiger partial charge in [-0.15, -0.1) is 0 Å². The smallest absolute Gasteiger partial charge is 0.188 e. The summed E-state index contributed by atoms with van der Waals surface area (Å²) in [4.78, 5) is 4.06. The number of ether oxygens (including phenoxy) is 1. The third kappa shape index (κ3) is 3.22. The maximum Gasteiger partial charge on any atom is 0.188 e. The second-order valence-corrected chi connectivity index (χ2v) is 3.34. The molecule has 4 heteroatoms. The molecule has 0 aromatic heterocycles. The summed E-state index contributed by atoms with van der Waals surface area (Å²) < 4.78 is 5.52. The Bertz CT molecular complexity index is 176. The summed E-state index contributed by atoms with van der Waals surface area (Å²) in [5, 5.41) is 3.13. The molecule has 1 fully saturated rings. The van der Waals surface area contributed by atoms with E-state index < -0.39 is 0 Å².